The van der Waals surface area contributed by atoms with E-state index in [1.807, 2.05) is 12.1 Å². The molecule has 9 nitrogen and oxygen atoms in total. The maximum Gasteiger partial charge on any atom is 0.329 e. The van der Waals surface area contributed by atoms with Crippen molar-refractivity contribution >= 4 is 23.8 Å². The third-order valence-electron chi connectivity index (χ3n) is 8.75. The number of ether oxygens (including phenoxy) is 3. The summed E-state index contributed by atoms with van der Waals surface area (Å²) in [6.45, 7) is -1.39. The van der Waals surface area contributed by atoms with Gasteiger partial charge in [-0.3, -0.25) is 14.4 Å². The number of carbonyl (C=O) groups excluding carboxylic acids is 4. The number of allylic oxidation sites excluding steroid dienone is 1. The van der Waals surface area contributed by atoms with Gasteiger partial charge in [0.05, 0.1) is 33.4 Å². The molecule has 2 amide bonds. The Bertz CT molecular complexity index is 1730. The van der Waals surface area contributed by atoms with E-state index in [2.05, 4.69) is 10.1 Å². The van der Waals surface area contributed by atoms with Crippen molar-refractivity contribution in [3.05, 3.63) is 107 Å². The molecule has 0 spiro atoms. The molecule has 2 atom stereocenters. The van der Waals surface area contributed by atoms with Crippen LogP contribution in [0.4, 0.5) is 13.2 Å². The topological polar surface area (TPSA) is 111 Å². The monoisotopic (exact) mass is 692 g/mol. The van der Waals surface area contributed by atoms with Gasteiger partial charge in [-0.25, -0.2) is 9.18 Å². The van der Waals surface area contributed by atoms with Crippen molar-refractivity contribution in [2.45, 2.75) is 56.3 Å². The Morgan fingerprint density at radius 2 is 1.66 bits per heavy atom. The second kappa shape index (κ2) is 16.2. The minimum Gasteiger partial charge on any atom is -0.469 e. The number of benzene rings is 3. The number of alkyl halides is 3. The van der Waals surface area contributed by atoms with E-state index in [4.69, 9.17) is 9.47 Å². The van der Waals surface area contributed by atoms with Crippen molar-refractivity contribution in [1.82, 2.24) is 10.2 Å². The first-order valence-electron chi connectivity index (χ1n) is 16.4. The fraction of sp³-hybridized carbons (Fsp3) is 0.368. The molecule has 0 radical (unpaired) electrons. The Hall–Kier alpha value is -4.97. The van der Waals surface area contributed by atoms with Gasteiger partial charge in [0.25, 0.3) is 11.8 Å². The number of halogens is 3. The fourth-order valence-electron chi connectivity index (χ4n) is 6.15. The summed E-state index contributed by atoms with van der Waals surface area (Å²) < 4.78 is 61.7. The number of hydrogen-bond acceptors (Lipinski definition) is 7. The molecule has 3 aromatic carbocycles. The van der Waals surface area contributed by atoms with Crippen molar-refractivity contribution < 1.29 is 46.6 Å². The van der Waals surface area contributed by atoms with Crippen LogP contribution < -0.4 is 5.32 Å². The minimum absolute atomic E-state index is 0.0639. The molecule has 1 saturated heterocycles. The Kier molecular flexibility index (Phi) is 11.7. The zero-order valence-corrected chi connectivity index (χ0v) is 27.7. The maximum atomic E-state index is 16.1. The van der Waals surface area contributed by atoms with E-state index in [1.165, 1.54) is 37.4 Å². The standard InChI is InChI=1S/C38H39F3N2O7/c1-48-34(45)16-8-3-2-4-11-19-49-25-37(39)21-32(36(47)50-23-26-12-6-5-7-13-26)43(24-37)33(44)22-42-35(46)27-17-18-31-29(20-27)28-14-9-10-15-30(28)38(31,40)41/h4-7,9-15,17-18,20,32H,2-3,8,16,19,21-25H2,1H3,(H,42,46)/b11-4+/t32-,37+/m0/s1. The van der Waals surface area contributed by atoms with Crippen LogP contribution in [-0.2, 0) is 41.1 Å². The van der Waals surface area contributed by atoms with Gasteiger partial charge in [0.2, 0.25) is 5.91 Å². The molecule has 1 aliphatic carbocycles. The predicted octanol–water partition coefficient (Wildman–Crippen LogP) is 5.90. The van der Waals surface area contributed by atoms with Gasteiger partial charge in [-0.2, -0.15) is 8.78 Å². The number of esters is 2. The summed E-state index contributed by atoms with van der Waals surface area (Å²) in [7, 11) is 1.34. The number of carbonyl (C=O) groups is 4. The smallest absolute Gasteiger partial charge is 0.329 e. The highest BCUT2D eigenvalue weighted by atomic mass is 19.3. The van der Waals surface area contributed by atoms with Crippen molar-refractivity contribution in [3.8, 4) is 11.1 Å². The number of likely N-dealkylation sites (tertiary alicyclic amines) is 1. The van der Waals surface area contributed by atoms with Gasteiger partial charge < -0.3 is 24.4 Å². The van der Waals surface area contributed by atoms with Gasteiger partial charge in [0.1, 0.15) is 12.6 Å². The molecular formula is C38H39F3N2O7. The summed E-state index contributed by atoms with van der Waals surface area (Å²) in [5.74, 6) is -5.67. The molecule has 1 aliphatic heterocycles. The summed E-state index contributed by atoms with van der Waals surface area (Å²) in [5, 5.41) is 2.49. The van der Waals surface area contributed by atoms with Gasteiger partial charge in [-0.05, 0) is 48.1 Å². The molecule has 0 bridgehead atoms. The van der Waals surface area contributed by atoms with Crippen LogP contribution in [0.5, 0.6) is 0 Å². The highest BCUT2D eigenvalue weighted by molar-refractivity contribution is 5.99. The van der Waals surface area contributed by atoms with Crippen molar-refractivity contribution in [2.75, 3.05) is 33.4 Å². The van der Waals surface area contributed by atoms with E-state index in [1.54, 1.807) is 42.5 Å². The lowest BCUT2D eigenvalue weighted by molar-refractivity contribution is -0.154. The summed E-state index contributed by atoms with van der Waals surface area (Å²) in [5.41, 5.74) is -1.11. The minimum atomic E-state index is -3.21. The third-order valence-corrected chi connectivity index (χ3v) is 8.75. The summed E-state index contributed by atoms with van der Waals surface area (Å²) in [4.78, 5) is 51.9. The zero-order valence-electron chi connectivity index (χ0n) is 27.7. The van der Waals surface area contributed by atoms with Crippen LogP contribution in [0.2, 0.25) is 0 Å². The second-order valence-corrected chi connectivity index (χ2v) is 12.4. The Morgan fingerprint density at radius 1 is 0.920 bits per heavy atom. The first kappa shape index (κ1) is 36.3. The van der Waals surface area contributed by atoms with Crippen LogP contribution in [0.1, 0.15) is 59.2 Å². The van der Waals surface area contributed by atoms with Crippen LogP contribution >= 0.6 is 0 Å². The zero-order chi connectivity index (χ0) is 35.7. The maximum absolute atomic E-state index is 16.1. The molecule has 2 aliphatic rings. The molecule has 12 heteroatoms. The Morgan fingerprint density at radius 3 is 2.44 bits per heavy atom. The van der Waals surface area contributed by atoms with Crippen LogP contribution in [0.25, 0.3) is 11.1 Å². The van der Waals surface area contributed by atoms with Gasteiger partial charge in [0, 0.05) is 29.5 Å². The molecule has 1 N–H and O–H groups in total. The van der Waals surface area contributed by atoms with E-state index in [9.17, 15) is 28.0 Å². The van der Waals surface area contributed by atoms with E-state index >= 15 is 4.39 Å². The Labute approximate surface area is 288 Å². The number of nitrogens with zero attached hydrogens (tertiary/aromatic N) is 1. The van der Waals surface area contributed by atoms with Gasteiger partial charge in [-0.1, -0.05) is 72.8 Å². The highest BCUT2D eigenvalue weighted by Gasteiger charge is 2.50. The van der Waals surface area contributed by atoms with Crippen LogP contribution in [0.3, 0.4) is 0 Å². The SMILES string of the molecule is COC(=O)CCCC/C=C/COC[C@@]1(F)C[C@@H](C(=O)OCc2ccccc2)N(C(=O)CNC(=O)c2ccc3c(c2)-c2ccccc2C3(F)F)C1. The van der Waals surface area contributed by atoms with E-state index in [0.29, 0.717) is 30.4 Å². The molecular weight excluding hydrogens is 653 g/mol. The average molecular weight is 693 g/mol. The molecule has 0 saturated carbocycles. The number of amides is 2. The molecule has 1 heterocycles. The first-order valence-corrected chi connectivity index (χ1v) is 16.4. The number of fused-ring (bicyclic) bond motifs is 3. The lowest BCUT2D eigenvalue weighted by Gasteiger charge is -2.23. The fourth-order valence-corrected chi connectivity index (χ4v) is 6.15. The molecule has 264 valence electrons. The highest BCUT2D eigenvalue weighted by Crippen LogP contribution is 2.50. The number of rotatable bonds is 15. The van der Waals surface area contributed by atoms with Crippen LogP contribution in [0, 0.1) is 0 Å². The van der Waals surface area contributed by atoms with E-state index in [0.717, 1.165) is 11.3 Å². The largest absolute Gasteiger partial charge is 0.469 e. The third kappa shape index (κ3) is 8.60. The quantitative estimate of drug-likeness (QED) is 0.120. The van der Waals surface area contributed by atoms with Crippen molar-refractivity contribution in [1.29, 1.82) is 0 Å². The molecule has 0 aromatic heterocycles. The van der Waals surface area contributed by atoms with Crippen molar-refractivity contribution in [2.24, 2.45) is 0 Å². The van der Waals surface area contributed by atoms with Gasteiger partial charge in [0.15, 0.2) is 5.67 Å². The second-order valence-electron chi connectivity index (χ2n) is 12.4. The normalized spacial score (nSPS) is 18.8. The lowest BCUT2D eigenvalue weighted by Crippen LogP contribution is -2.46. The molecule has 3 aromatic rings. The lowest BCUT2D eigenvalue weighted by atomic mass is 10.0. The number of unbranched alkanes of at least 4 members (excludes halogenated alkanes) is 2. The van der Waals surface area contributed by atoms with Gasteiger partial charge in [-0.15, -0.1) is 0 Å². The van der Waals surface area contributed by atoms with Crippen LogP contribution in [-0.4, -0.2) is 73.8 Å². The molecule has 50 heavy (non-hydrogen) atoms. The first-order chi connectivity index (χ1) is 24.0. The number of nitrogens with one attached hydrogen (secondary N) is 1. The van der Waals surface area contributed by atoms with E-state index < -0.39 is 48.5 Å². The predicted molar refractivity (Wildman–Crippen MR) is 178 cm³/mol. The van der Waals surface area contributed by atoms with Gasteiger partial charge >= 0.3 is 11.9 Å². The molecule has 1 fully saturated rings. The summed E-state index contributed by atoms with van der Waals surface area (Å²) in [6, 6.07) is 17.5. The molecule has 5 rings (SSSR count). The summed E-state index contributed by atoms with van der Waals surface area (Å²) in [6.07, 6.45) is 5.73. The van der Waals surface area contributed by atoms with Crippen LogP contribution in [0.15, 0.2) is 84.9 Å². The number of hydrogen-bond donors (Lipinski definition) is 1. The summed E-state index contributed by atoms with van der Waals surface area (Å²) >= 11 is 0. The average Bonchev–Trinajstić information content (AvgIpc) is 3.60. The number of methoxy groups -OCH3 is 1. The van der Waals surface area contributed by atoms with E-state index in [-0.39, 0.29) is 54.5 Å². The Balaban J connectivity index is 1.19. The van der Waals surface area contributed by atoms with Crippen molar-refractivity contribution in [3.63, 3.8) is 0 Å². The molecule has 0 unspecified atom stereocenters.